The number of anilines is 1. The molecule has 32 heavy (non-hydrogen) atoms. The minimum Gasteiger partial charge on any atom is -0.324 e. The van der Waals surface area contributed by atoms with E-state index >= 15 is 0 Å². The zero-order valence-electron chi connectivity index (χ0n) is 18.7. The fourth-order valence-electron chi connectivity index (χ4n) is 3.84. The molecule has 0 bridgehead atoms. The van der Waals surface area contributed by atoms with Crippen LogP contribution in [0.25, 0.3) is 0 Å². The van der Waals surface area contributed by atoms with Crippen molar-refractivity contribution in [3.63, 3.8) is 0 Å². The van der Waals surface area contributed by atoms with Gasteiger partial charge in [0.15, 0.2) is 0 Å². The molecule has 3 rings (SSSR count). The first-order chi connectivity index (χ1) is 15.2. The van der Waals surface area contributed by atoms with Gasteiger partial charge in [-0.05, 0) is 62.3 Å². The van der Waals surface area contributed by atoms with Crippen LogP contribution >= 0.6 is 11.8 Å². The topological polar surface area (TPSA) is 75.3 Å². The molecule has 3 aromatic rings. The predicted molar refractivity (Wildman–Crippen MR) is 132 cm³/mol. The van der Waals surface area contributed by atoms with Gasteiger partial charge < -0.3 is 5.32 Å². The zero-order chi connectivity index (χ0) is 23.3. The fourth-order valence-corrected chi connectivity index (χ4v) is 6.04. The predicted octanol–water partition coefficient (Wildman–Crippen LogP) is 4.86. The minimum atomic E-state index is -3.93. The Morgan fingerprint density at radius 3 is 2.16 bits per heavy atom. The van der Waals surface area contributed by atoms with Crippen LogP contribution in [-0.2, 0) is 21.2 Å². The number of carbonyl (C=O) groups is 1. The summed E-state index contributed by atoms with van der Waals surface area (Å²) in [4.78, 5) is 14.4. The van der Waals surface area contributed by atoms with Crippen LogP contribution in [0.15, 0.2) is 76.5 Å². The number of sulfonamides is 1. The first-order valence-corrected chi connectivity index (χ1v) is 13.0. The SMILES string of the molecule is CSc1ccccc1NC(=O)[C@H](Cc1ccccc1)NS(=O)(=O)c1c(C)cc(C)cc1C. The molecular formula is C25H28N2O3S2. The molecule has 2 N–H and O–H groups in total. The number of nitrogens with one attached hydrogen (secondary N) is 2. The average Bonchev–Trinajstić information content (AvgIpc) is 2.73. The van der Waals surface area contributed by atoms with E-state index in [0.717, 1.165) is 16.0 Å². The number of aryl methyl sites for hydroxylation is 3. The van der Waals surface area contributed by atoms with E-state index < -0.39 is 22.0 Å². The van der Waals surface area contributed by atoms with Gasteiger partial charge in [0.1, 0.15) is 6.04 Å². The third-order valence-electron chi connectivity index (χ3n) is 5.13. The van der Waals surface area contributed by atoms with E-state index in [1.165, 1.54) is 11.8 Å². The second-order valence-corrected chi connectivity index (χ2v) is 10.3. The van der Waals surface area contributed by atoms with Crippen molar-refractivity contribution in [1.29, 1.82) is 0 Å². The molecule has 0 fully saturated rings. The Kier molecular flexibility index (Phi) is 7.77. The highest BCUT2D eigenvalue weighted by Crippen LogP contribution is 2.26. The van der Waals surface area contributed by atoms with Crippen molar-refractivity contribution in [3.8, 4) is 0 Å². The van der Waals surface area contributed by atoms with Crippen molar-refractivity contribution in [3.05, 3.63) is 89.0 Å². The van der Waals surface area contributed by atoms with Crippen molar-refractivity contribution in [2.45, 2.75) is 43.0 Å². The second-order valence-electron chi connectivity index (χ2n) is 7.78. The molecule has 0 aliphatic carbocycles. The Bertz CT molecular complexity index is 1190. The smallest absolute Gasteiger partial charge is 0.242 e. The lowest BCUT2D eigenvalue weighted by Crippen LogP contribution is -2.45. The molecule has 0 radical (unpaired) electrons. The summed E-state index contributed by atoms with van der Waals surface area (Å²) < 4.78 is 29.4. The van der Waals surface area contributed by atoms with Crippen molar-refractivity contribution < 1.29 is 13.2 Å². The summed E-state index contributed by atoms with van der Waals surface area (Å²) in [6.45, 7) is 5.48. The first kappa shape index (κ1) is 24.0. The quantitative estimate of drug-likeness (QED) is 0.463. The average molecular weight is 469 g/mol. The Morgan fingerprint density at radius 2 is 1.53 bits per heavy atom. The lowest BCUT2D eigenvalue weighted by Gasteiger charge is -2.21. The van der Waals surface area contributed by atoms with Gasteiger partial charge in [-0.3, -0.25) is 4.79 Å². The van der Waals surface area contributed by atoms with Gasteiger partial charge in [0.05, 0.1) is 10.6 Å². The molecule has 0 aromatic heterocycles. The molecule has 0 spiro atoms. The summed E-state index contributed by atoms with van der Waals surface area (Å²) in [5, 5.41) is 2.91. The van der Waals surface area contributed by atoms with Crippen molar-refractivity contribution in [1.82, 2.24) is 4.72 Å². The summed E-state index contributed by atoms with van der Waals surface area (Å²) in [7, 11) is -3.93. The number of amides is 1. The highest BCUT2D eigenvalue weighted by Gasteiger charge is 2.28. The molecule has 3 aromatic carbocycles. The van der Waals surface area contributed by atoms with Crippen LogP contribution in [0.3, 0.4) is 0 Å². The van der Waals surface area contributed by atoms with Gasteiger partial charge in [0.25, 0.3) is 0 Å². The van der Waals surface area contributed by atoms with E-state index in [9.17, 15) is 13.2 Å². The highest BCUT2D eigenvalue weighted by atomic mass is 32.2. The van der Waals surface area contributed by atoms with Gasteiger partial charge in [0.2, 0.25) is 15.9 Å². The maximum Gasteiger partial charge on any atom is 0.242 e. The second kappa shape index (κ2) is 10.3. The maximum absolute atomic E-state index is 13.4. The maximum atomic E-state index is 13.4. The zero-order valence-corrected chi connectivity index (χ0v) is 20.3. The van der Waals surface area contributed by atoms with Crippen molar-refractivity contribution >= 4 is 33.4 Å². The molecule has 0 aliphatic rings. The Morgan fingerprint density at radius 1 is 0.938 bits per heavy atom. The number of rotatable bonds is 8. The van der Waals surface area contributed by atoms with Gasteiger partial charge in [0, 0.05) is 4.90 Å². The van der Waals surface area contributed by atoms with Gasteiger partial charge in [-0.2, -0.15) is 4.72 Å². The number of thioether (sulfide) groups is 1. The van der Waals surface area contributed by atoms with E-state index in [1.807, 2.05) is 79.9 Å². The van der Waals surface area contributed by atoms with Crippen LogP contribution in [0, 0.1) is 20.8 Å². The molecule has 1 amide bonds. The van der Waals surface area contributed by atoms with Crippen LogP contribution in [-0.4, -0.2) is 26.6 Å². The number of hydrogen-bond donors (Lipinski definition) is 2. The molecule has 5 nitrogen and oxygen atoms in total. The van der Waals surface area contributed by atoms with Gasteiger partial charge in [-0.25, -0.2) is 8.42 Å². The molecule has 168 valence electrons. The van der Waals surface area contributed by atoms with Gasteiger partial charge >= 0.3 is 0 Å². The van der Waals surface area contributed by atoms with E-state index in [0.29, 0.717) is 16.8 Å². The summed E-state index contributed by atoms with van der Waals surface area (Å²) >= 11 is 1.51. The highest BCUT2D eigenvalue weighted by molar-refractivity contribution is 7.98. The van der Waals surface area contributed by atoms with E-state index in [4.69, 9.17) is 0 Å². The van der Waals surface area contributed by atoms with E-state index in [2.05, 4.69) is 10.0 Å². The summed E-state index contributed by atoms with van der Waals surface area (Å²) in [5.74, 6) is -0.402. The summed E-state index contributed by atoms with van der Waals surface area (Å²) in [6.07, 6.45) is 2.16. The molecule has 1 atom stereocenters. The molecular weight excluding hydrogens is 440 g/mol. The third kappa shape index (κ3) is 5.79. The number of carbonyl (C=O) groups excluding carboxylic acids is 1. The third-order valence-corrected chi connectivity index (χ3v) is 7.71. The van der Waals surface area contributed by atoms with Crippen LogP contribution in [0.1, 0.15) is 22.3 Å². The molecule has 0 heterocycles. The Hall–Kier alpha value is -2.61. The first-order valence-electron chi connectivity index (χ1n) is 10.3. The summed E-state index contributed by atoms with van der Waals surface area (Å²) in [5.41, 5.74) is 3.82. The Labute approximate surface area is 194 Å². The molecule has 7 heteroatoms. The number of benzene rings is 3. The standard InChI is InChI=1S/C25H28N2O3S2/c1-17-14-18(2)24(19(3)15-17)32(29,30)27-22(16-20-10-6-5-7-11-20)25(28)26-21-12-8-9-13-23(21)31-4/h5-15,22,27H,16H2,1-4H3,(H,26,28)/t22-/m0/s1. The fraction of sp³-hybridized carbons (Fsp3) is 0.240. The van der Waals surface area contributed by atoms with Gasteiger partial charge in [-0.15, -0.1) is 11.8 Å². The monoisotopic (exact) mass is 468 g/mol. The van der Waals surface area contributed by atoms with Gasteiger partial charge in [-0.1, -0.05) is 60.2 Å². The molecule has 0 saturated heterocycles. The van der Waals surface area contributed by atoms with E-state index in [1.54, 1.807) is 13.8 Å². The molecule has 0 aliphatic heterocycles. The minimum absolute atomic E-state index is 0.221. The molecule has 0 unspecified atom stereocenters. The lowest BCUT2D eigenvalue weighted by atomic mass is 10.1. The van der Waals surface area contributed by atoms with E-state index in [-0.39, 0.29) is 11.3 Å². The largest absolute Gasteiger partial charge is 0.324 e. The molecule has 0 saturated carbocycles. The van der Waals surface area contributed by atoms with Crippen molar-refractivity contribution in [2.24, 2.45) is 0 Å². The van der Waals surface area contributed by atoms with Crippen LogP contribution in [0.4, 0.5) is 5.69 Å². The van der Waals surface area contributed by atoms with Crippen LogP contribution < -0.4 is 10.0 Å². The van der Waals surface area contributed by atoms with Crippen LogP contribution in [0.2, 0.25) is 0 Å². The van der Waals surface area contributed by atoms with Crippen LogP contribution in [0.5, 0.6) is 0 Å². The normalized spacial score (nSPS) is 12.4. The Balaban J connectivity index is 1.95. The summed E-state index contributed by atoms with van der Waals surface area (Å²) in [6, 6.07) is 19.5. The van der Waals surface area contributed by atoms with Crippen molar-refractivity contribution in [2.75, 3.05) is 11.6 Å². The number of para-hydroxylation sites is 1. The lowest BCUT2D eigenvalue weighted by molar-refractivity contribution is -0.117. The number of hydrogen-bond acceptors (Lipinski definition) is 4.